The van der Waals surface area contributed by atoms with Gasteiger partial charge in [-0.15, -0.1) is 0 Å². The summed E-state index contributed by atoms with van der Waals surface area (Å²) in [6.07, 6.45) is 0. The van der Waals surface area contributed by atoms with E-state index >= 15 is 0 Å². The van der Waals surface area contributed by atoms with Gasteiger partial charge in [0, 0.05) is 33.7 Å². The minimum Gasteiger partial charge on any atom is -0.379 e. The van der Waals surface area contributed by atoms with Crippen molar-refractivity contribution in [2.75, 3.05) is 46.9 Å². The van der Waals surface area contributed by atoms with E-state index in [0.717, 1.165) is 24.6 Å². The molecule has 1 aliphatic rings. The van der Waals surface area contributed by atoms with Gasteiger partial charge in [0.2, 0.25) is 0 Å². The van der Waals surface area contributed by atoms with Crippen molar-refractivity contribution in [3.63, 3.8) is 0 Å². The van der Waals surface area contributed by atoms with Crippen LogP contribution in [-0.4, -0.2) is 57.8 Å². The van der Waals surface area contributed by atoms with Gasteiger partial charge in [0.15, 0.2) is 5.96 Å². The van der Waals surface area contributed by atoms with Crippen molar-refractivity contribution in [3.05, 3.63) is 35.6 Å². The lowest BCUT2D eigenvalue weighted by Gasteiger charge is -2.35. The largest absolute Gasteiger partial charge is 0.379 e. The molecule has 1 fully saturated rings. The second kappa shape index (κ2) is 7.95. The maximum Gasteiger partial charge on any atom is 0.190 e. The predicted octanol–water partition coefficient (Wildman–Crippen LogP) is 0.994. The van der Waals surface area contributed by atoms with Gasteiger partial charge in [0.05, 0.1) is 19.3 Å². The molecule has 0 bridgehead atoms. The first kappa shape index (κ1) is 15.7. The Kier molecular flexibility index (Phi) is 5.95. The Morgan fingerprint density at radius 2 is 2.19 bits per heavy atom. The highest BCUT2D eigenvalue weighted by molar-refractivity contribution is 5.79. The summed E-state index contributed by atoms with van der Waals surface area (Å²) in [7, 11) is 3.55. The number of nitrogens with zero attached hydrogens (tertiary/aromatic N) is 2. The van der Waals surface area contributed by atoms with Gasteiger partial charge >= 0.3 is 0 Å². The highest BCUT2D eigenvalue weighted by Gasteiger charge is 2.23. The lowest BCUT2D eigenvalue weighted by atomic mass is 10.0. The molecule has 0 aliphatic carbocycles. The smallest absolute Gasteiger partial charge is 0.190 e. The maximum absolute atomic E-state index is 13.5. The van der Waals surface area contributed by atoms with E-state index in [9.17, 15) is 4.39 Å². The fraction of sp³-hybridized carbons (Fsp3) is 0.533. The van der Waals surface area contributed by atoms with Gasteiger partial charge in [0.1, 0.15) is 5.82 Å². The topological polar surface area (TPSA) is 48.9 Å². The summed E-state index contributed by atoms with van der Waals surface area (Å²) in [6, 6.07) is 6.89. The first-order valence-corrected chi connectivity index (χ1v) is 7.20. The second-order valence-electron chi connectivity index (χ2n) is 4.92. The lowest BCUT2D eigenvalue weighted by molar-refractivity contribution is 0.0169. The van der Waals surface area contributed by atoms with Crippen LogP contribution in [0.3, 0.4) is 0 Å². The Hall–Kier alpha value is -1.66. The molecule has 2 rings (SSSR count). The summed E-state index contributed by atoms with van der Waals surface area (Å²) in [6.45, 7) is 3.79. The SMILES string of the molecule is CN=C(NC)NCC(c1cccc(F)c1)N1CCOCC1. The summed E-state index contributed by atoms with van der Waals surface area (Å²) in [4.78, 5) is 6.43. The zero-order valence-corrected chi connectivity index (χ0v) is 12.6. The molecule has 1 unspecified atom stereocenters. The molecule has 2 N–H and O–H groups in total. The van der Waals surface area contributed by atoms with E-state index in [0.29, 0.717) is 19.8 Å². The Labute approximate surface area is 125 Å². The fourth-order valence-corrected chi connectivity index (χ4v) is 2.53. The molecule has 1 atom stereocenters. The van der Waals surface area contributed by atoms with E-state index in [1.165, 1.54) is 6.07 Å². The van der Waals surface area contributed by atoms with E-state index in [4.69, 9.17) is 4.74 Å². The van der Waals surface area contributed by atoms with Crippen molar-refractivity contribution in [2.45, 2.75) is 6.04 Å². The number of benzene rings is 1. The quantitative estimate of drug-likeness (QED) is 0.642. The fourth-order valence-electron chi connectivity index (χ4n) is 2.53. The summed E-state index contributed by atoms with van der Waals surface area (Å²) < 4.78 is 18.9. The van der Waals surface area contributed by atoms with Gasteiger partial charge in [-0.25, -0.2) is 4.39 Å². The van der Waals surface area contributed by atoms with Gasteiger partial charge in [-0.05, 0) is 17.7 Å². The molecule has 21 heavy (non-hydrogen) atoms. The molecule has 0 aromatic heterocycles. The number of hydrogen-bond acceptors (Lipinski definition) is 3. The molecule has 0 radical (unpaired) electrons. The highest BCUT2D eigenvalue weighted by atomic mass is 19.1. The van der Waals surface area contributed by atoms with Crippen molar-refractivity contribution in [1.29, 1.82) is 0 Å². The minimum absolute atomic E-state index is 0.0923. The Balaban J connectivity index is 2.13. The number of ether oxygens (including phenoxy) is 1. The number of nitrogens with one attached hydrogen (secondary N) is 2. The zero-order valence-electron chi connectivity index (χ0n) is 12.6. The standard InChI is InChI=1S/C15H23FN4O/c1-17-15(18-2)19-11-14(20-6-8-21-9-7-20)12-4-3-5-13(16)10-12/h3-5,10,14H,6-9,11H2,1-2H3,(H2,17,18,19). The van der Waals surface area contributed by atoms with E-state index in [-0.39, 0.29) is 11.9 Å². The molecule has 1 saturated heterocycles. The predicted molar refractivity (Wildman–Crippen MR) is 82.0 cm³/mol. The van der Waals surface area contributed by atoms with Gasteiger partial charge in [0.25, 0.3) is 0 Å². The normalized spacial score (nSPS) is 18.3. The number of rotatable bonds is 4. The Bertz CT molecular complexity index is 474. The molecule has 1 heterocycles. The Morgan fingerprint density at radius 3 is 2.81 bits per heavy atom. The maximum atomic E-state index is 13.5. The molecule has 0 saturated carbocycles. The number of hydrogen-bond donors (Lipinski definition) is 2. The minimum atomic E-state index is -0.205. The van der Waals surface area contributed by atoms with Gasteiger partial charge in [-0.3, -0.25) is 9.89 Å². The van der Waals surface area contributed by atoms with E-state index in [2.05, 4.69) is 20.5 Å². The van der Waals surface area contributed by atoms with Crippen LogP contribution < -0.4 is 10.6 Å². The molecule has 1 aromatic rings. The third-order valence-corrected chi connectivity index (χ3v) is 3.64. The van der Waals surface area contributed by atoms with Crippen molar-refractivity contribution in [3.8, 4) is 0 Å². The van der Waals surface area contributed by atoms with Crippen LogP contribution in [0.1, 0.15) is 11.6 Å². The monoisotopic (exact) mass is 294 g/mol. The van der Waals surface area contributed by atoms with Crippen molar-refractivity contribution in [1.82, 2.24) is 15.5 Å². The Morgan fingerprint density at radius 1 is 1.43 bits per heavy atom. The highest BCUT2D eigenvalue weighted by Crippen LogP contribution is 2.22. The molecule has 1 aromatic carbocycles. The molecular weight excluding hydrogens is 271 g/mol. The van der Waals surface area contributed by atoms with Gasteiger partial charge in [-0.1, -0.05) is 12.1 Å². The average molecular weight is 294 g/mol. The van der Waals surface area contributed by atoms with E-state index in [1.807, 2.05) is 13.1 Å². The van der Waals surface area contributed by atoms with E-state index in [1.54, 1.807) is 19.2 Å². The number of guanidine groups is 1. The summed E-state index contributed by atoms with van der Waals surface area (Å²) in [5, 5.41) is 6.26. The van der Waals surface area contributed by atoms with Crippen LogP contribution in [0.25, 0.3) is 0 Å². The summed E-state index contributed by atoms with van der Waals surface area (Å²) in [5.74, 6) is 0.522. The molecule has 1 aliphatic heterocycles. The number of aliphatic imine (C=N–C) groups is 1. The number of halogens is 1. The van der Waals surface area contributed by atoms with Gasteiger partial charge in [-0.2, -0.15) is 0 Å². The third kappa shape index (κ3) is 4.41. The van der Waals surface area contributed by atoms with Crippen LogP contribution in [0.5, 0.6) is 0 Å². The second-order valence-corrected chi connectivity index (χ2v) is 4.92. The number of morpholine rings is 1. The molecule has 5 nitrogen and oxygen atoms in total. The van der Waals surface area contributed by atoms with Crippen LogP contribution in [0.4, 0.5) is 4.39 Å². The molecule has 0 amide bonds. The summed E-state index contributed by atoms with van der Waals surface area (Å²) >= 11 is 0. The van der Waals surface area contributed by atoms with Crippen LogP contribution in [0, 0.1) is 5.82 Å². The van der Waals surface area contributed by atoms with Gasteiger partial charge < -0.3 is 15.4 Å². The molecule has 6 heteroatoms. The van der Waals surface area contributed by atoms with Crippen LogP contribution in [-0.2, 0) is 4.74 Å². The third-order valence-electron chi connectivity index (χ3n) is 3.64. The molecule has 0 spiro atoms. The van der Waals surface area contributed by atoms with Crippen LogP contribution in [0.15, 0.2) is 29.3 Å². The first-order chi connectivity index (χ1) is 10.2. The van der Waals surface area contributed by atoms with Crippen LogP contribution >= 0.6 is 0 Å². The first-order valence-electron chi connectivity index (χ1n) is 7.20. The molecular formula is C15H23FN4O. The lowest BCUT2D eigenvalue weighted by Crippen LogP contribution is -2.45. The molecule has 116 valence electrons. The summed E-state index contributed by atoms with van der Waals surface area (Å²) in [5.41, 5.74) is 0.968. The van der Waals surface area contributed by atoms with Crippen molar-refractivity contribution < 1.29 is 9.13 Å². The zero-order chi connectivity index (χ0) is 15.1. The van der Waals surface area contributed by atoms with Crippen molar-refractivity contribution in [2.24, 2.45) is 4.99 Å². The van der Waals surface area contributed by atoms with Crippen molar-refractivity contribution >= 4 is 5.96 Å². The van der Waals surface area contributed by atoms with Crippen LogP contribution in [0.2, 0.25) is 0 Å². The van der Waals surface area contributed by atoms with E-state index < -0.39 is 0 Å². The average Bonchev–Trinajstić information content (AvgIpc) is 2.52.